The minimum atomic E-state index is -0.712. The van der Waals surface area contributed by atoms with Gasteiger partial charge in [-0.25, -0.2) is 0 Å². The Labute approximate surface area is 126 Å². The van der Waals surface area contributed by atoms with Crippen molar-refractivity contribution in [2.45, 2.75) is 25.9 Å². The van der Waals surface area contributed by atoms with Crippen LogP contribution in [0, 0.1) is 0 Å². The van der Waals surface area contributed by atoms with Crippen LogP contribution >= 0.6 is 0 Å². The highest BCUT2D eigenvalue weighted by Gasteiger charge is 2.27. The Bertz CT molecular complexity index is 470. The lowest BCUT2D eigenvalue weighted by molar-refractivity contribution is -0.144. The number of benzene rings is 1. The maximum atomic E-state index is 11.2. The lowest BCUT2D eigenvalue weighted by Crippen LogP contribution is -2.52. The number of carboxylic acids is 1. The minimum Gasteiger partial charge on any atom is -0.496 e. The minimum absolute atomic E-state index is 0.349. The summed E-state index contributed by atoms with van der Waals surface area (Å²) in [5, 5.41) is 9.22. The number of methoxy groups -OCH3 is 1. The van der Waals surface area contributed by atoms with Crippen molar-refractivity contribution in [1.82, 2.24) is 9.80 Å². The summed E-state index contributed by atoms with van der Waals surface area (Å²) in [4.78, 5) is 15.6. The Morgan fingerprint density at radius 2 is 1.95 bits per heavy atom. The Hall–Kier alpha value is -1.59. The third kappa shape index (κ3) is 3.95. The van der Waals surface area contributed by atoms with Gasteiger partial charge in [-0.3, -0.25) is 14.6 Å². The van der Waals surface area contributed by atoms with Crippen molar-refractivity contribution < 1.29 is 14.6 Å². The van der Waals surface area contributed by atoms with Gasteiger partial charge in [0.2, 0.25) is 0 Å². The molecule has 2 rings (SSSR count). The molecule has 0 radical (unpaired) electrons. The molecule has 1 atom stereocenters. The third-order valence-electron chi connectivity index (χ3n) is 4.11. The van der Waals surface area contributed by atoms with Gasteiger partial charge in [-0.1, -0.05) is 25.1 Å². The Kier molecular flexibility index (Phi) is 5.59. The fourth-order valence-electron chi connectivity index (χ4n) is 2.90. The van der Waals surface area contributed by atoms with Crippen molar-refractivity contribution in [3.05, 3.63) is 29.8 Å². The second-order valence-electron chi connectivity index (χ2n) is 5.39. The first kappa shape index (κ1) is 15.8. The number of ether oxygens (including phenoxy) is 1. The quantitative estimate of drug-likeness (QED) is 0.864. The van der Waals surface area contributed by atoms with Gasteiger partial charge < -0.3 is 9.84 Å². The number of para-hydroxylation sites is 1. The van der Waals surface area contributed by atoms with Gasteiger partial charge in [-0.15, -0.1) is 0 Å². The molecule has 1 saturated heterocycles. The first-order valence-electron chi connectivity index (χ1n) is 7.46. The van der Waals surface area contributed by atoms with E-state index in [9.17, 15) is 9.90 Å². The molecule has 1 aliphatic heterocycles. The molecule has 1 aromatic rings. The first-order valence-corrected chi connectivity index (χ1v) is 7.46. The SMILES string of the molecule is CC[C@H](C(=O)O)N1CCN(Cc2ccccc2OC)CC1. The van der Waals surface area contributed by atoms with E-state index < -0.39 is 5.97 Å². The van der Waals surface area contributed by atoms with Gasteiger partial charge in [0.1, 0.15) is 11.8 Å². The van der Waals surface area contributed by atoms with Crippen molar-refractivity contribution in [3.63, 3.8) is 0 Å². The predicted octanol–water partition coefficient (Wildman–Crippen LogP) is 1.68. The smallest absolute Gasteiger partial charge is 0.320 e. The highest BCUT2D eigenvalue weighted by molar-refractivity contribution is 5.73. The summed E-state index contributed by atoms with van der Waals surface area (Å²) in [6.07, 6.45) is 0.655. The molecule has 5 nitrogen and oxygen atoms in total. The Morgan fingerprint density at radius 3 is 2.52 bits per heavy atom. The molecule has 1 aromatic carbocycles. The van der Waals surface area contributed by atoms with Crippen LogP contribution in [-0.4, -0.2) is 60.2 Å². The average Bonchev–Trinajstić information content (AvgIpc) is 2.50. The fraction of sp³-hybridized carbons (Fsp3) is 0.562. The molecule has 21 heavy (non-hydrogen) atoms. The fourth-order valence-corrected chi connectivity index (χ4v) is 2.90. The highest BCUT2D eigenvalue weighted by Crippen LogP contribution is 2.20. The Morgan fingerprint density at radius 1 is 1.29 bits per heavy atom. The van der Waals surface area contributed by atoms with E-state index in [1.165, 1.54) is 5.56 Å². The van der Waals surface area contributed by atoms with Gasteiger partial charge in [0, 0.05) is 38.3 Å². The molecule has 116 valence electrons. The third-order valence-corrected chi connectivity index (χ3v) is 4.11. The molecule has 0 saturated carbocycles. The standard InChI is InChI=1S/C16H24N2O3/c1-3-14(16(19)20)18-10-8-17(9-11-18)12-13-6-4-5-7-15(13)21-2/h4-7,14H,3,8-12H2,1-2H3,(H,19,20)/t14-/m1/s1. The van der Waals surface area contributed by atoms with E-state index in [4.69, 9.17) is 4.74 Å². The molecule has 0 aromatic heterocycles. The largest absolute Gasteiger partial charge is 0.496 e. The van der Waals surface area contributed by atoms with Crippen molar-refractivity contribution >= 4 is 5.97 Å². The molecule has 1 aliphatic rings. The molecular formula is C16H24N2O3. The summed E-state index contributed by atoms with van der Waals surface area (Å²) in [7, 11) is 1.69. The molecule has 0 bridgehead atoms. The zero-order chi connectivity index (χ0) is 15.2. The maximum Gasteiger partial charge on any atom is 0.320 e. The van der Waals surface area contributed by atoms with E-state index in [2.05, 4.69) is 15.9 Å². The molecule has 0 aliphatic carbocycles. The van der Waals surface area contributed by atoms with Crippen LogP contribution in [0.15, 0.2) is 24.3 Å². The van der Waals surface area contributed by atoms with Crippen LogP contribution in [0.2, 0.25) is 0 Å². The van der Waals surface area contributed by atoms with Crippen LogP contribution in [0.4, 0.5) is 0 Å². The second-order valence-corrected chi connectivity index (χ2v) is 5.39. The molecule has 0 spiro atoms. The van der Waals surface area contributed by atoms with E-state index in [-0.39, 0.29) is 6.04 Å². The maximum absolute atomic E-state index is 11.2. The van der Waals surface area contributed by atoms with Gasteiger partial charge in [0.05, 0.1) is 7.11 Å². The summed E-state index contributed by atoms with van der Waals surface area (Å²) in [6, 6.07) is 7.70. The van der Waals surface area contributed by atoms with E-state index >= 15 is 0 Å². The molecule has 1 N–H and O–H groups in total. The number of aliphatic carboxylic acids is 1. The summed E-state index contributed by atoms with van der Waals surface area (Å²) < 4.78 is 5.38. The normalized spacial score (nSPS) is 18.4. The zero-order valence-corrected chi connectivity index (χ0v) is 12.8. The van der Waals surface area contributed by atoms with Gasteiger partial charge in [-0.2, -0.15) is 0 Å². The van der Waals surface area contributed by atoms with Crippen molar-refractivity contribution in [2.24, 2.45) is 0 Å². The Balaban J connectivity index is 1.91. The van der Waals surface area contributed by atoms with Gasteiger partial charge in [0.25, 0.3) is 0 Å². The van der Waals surface area contributed by atoms with Crippen LogP contribution in [0.3, 0.4) is 0 Å². The zero-order valence-electron chi connectivity index (χ0n) is 12.8. The molecule has 5 heteroatoms. The number of hydrogen-bond donors (Lipinski definition) is 1. The second kappa shape index (κ2) is 7.43. The number of nitrogens with zero attached hydrogens (tertiary/aromatic N) is 2. The topological polar surface area (TPSA) is 53.0 Å². The summed E-state index contributed by atoms with van der Waals surface area (Å²) in [5.41, 5.74) is 1.18. The van der Waals surface area contributed by atoms with Crippen molar-refractivity contribution in [2.75, 3.05) is 33.3 Å². The van der Waals surface area contributed by atoms with Crippen LogP contribution in [0.5, 0.6) is 5.75 Å². The van der Waals surface area contributed by atoms with E-state index in [1.807, 2.05) is 25.1 Å². The number of hydrogen-bond acceptors (Lipinski definition) is 4. The number of rotatable bonds is 6. The van der Waals surface area contributed by atoms with E-state index in [0.29, 0.717) is 6.42 Å². The first-order chi connectivity index (χ1) is 10.2. The lowest BCUT2D eigenvalue weighted by atomic mass is 10.1. The number of carboxylic acid groups (broad SMARTS) is 1. The molecule has 1 fully saturated rings. The summed E-state index contributed by atoms with van der Waals surface area (Å²) in [6.45, 7) is 6.17. The number of piperazine rings is 1. The van der Waals surface area contributed by atoms with E-state index in [1.54, 1.807) is 7.11 Å². The number of carbonyl (C=O) groups is 1. The summed E-state index contributed by atoms with van der Waals surface area (Å²) >= 11 is 0. The van der Waals surface area contributed by atoms with Crippen LogP contribution in [0.25, 0.3) is 0 Å². The van der Waals surface area contributed by atoms with Crippen molar-refractivity contribution in [1.29, 1.82) is 0 Å². The molecule has 0 amide bonds. The van der Waals surface area contributed by atoms with Crippen LogP contribution in [-0.2, 0) is 11.3 Å². The van der Waals surface area contributed by atoms with Gasteiger partial charge >= 0.3 is 5.97 Å². The van der Waals surface area contributed by atoms with Crippen LogP contribution in [0.1, 0.15) is 18.9 Å². The van der Waals surface area contributed by atoms with Gasteiger partial charge in [-0.05, 0) is 12.5 Å². The van der Waals surface area contributed by atoms with Gasteiger partial charge in [0.15, 0.2) is 0 Å². The molecule has 0 unspecified atom stereocenters. The van der Waals surface area contributed by atoms with Crippen LogP contribution < -0.4 is 4.74 Å². The molecule has 1 heterocycles. The lowest BCUT2D eigenvalue weighted by Gasteiger charge is -2.37. The monoisotopic (exact) mass is 292 g/mol. The molecular weight excluding hydrogens is 268 g/mol. The highest BCUT2D eigenvalue weighted by atomic mass is 16.5. The van der Waals surface area contributed by atoms with E-state index in [0.717, 1.165) is 38.5 Å². The average molecular weight is 292 g/mol. The summed E-state index contributed by atoms with van der Waals surface area (Å²) in [5.74, 6) is 0.201. The predicted molar refractivity (Wildman–Crippen MR) is 81.6 cm³/mol. The van der Waals surface area contributed by atoms with Crippen molar-refractivity contribution in [3.8, 4) is 5.75 Å².